The van der Waals surface area contributed by atoms with Crippen LogP contribution in [0.1, 0.15) is 78.6 Å². The number of amides is 2. The lowest BCUT2D eigenvalue weighted by Gasteiger charge is -2.29. The number of nitrogens with one attached hydrogen (secondary N) is 2. The number of carbonyl (C=O) groups excluding carboxylic acids is 5. The number of rotatable bonds is 5. The van der Waals surface area contributed by atoms with Gasteiger partial charge in [0.25, 0.3) is 0 Å². The lowest BCUT2D eigenvalue weighted by atomic mass is 9.88. The fourth-order valence-electron chi connectivity index (χ4n) is 5.73. The van der Waals surface area contributed by atoms with Crippen molar-refractivity contribution in [2.45, 2.75) is 103 Å². The molecule has 5 atom stereocenters. The summed E-state index contributed by atoms with van der Waals surface area (Å²) in [5.74, 6) is -2.59. The Bertz CT molecular complexity index is 1310. The molecule has 10 heteroatoms. The van der Waals surface area contributed by atoms with Gasteiger partial charge in [-0.25, -0.2) is 4.79 Å². The van der Waals surface area contributed by atoms with Crippen molar-refractivity contribution in [1.82, 2.24) is 10.6 Å². The van der Waals surface area contributed by atoms with Gasteiger partial charge in [-0.15, -0.1) is 0 Å². The molecular formula is C36H48N2O8. The molecule has 0 aromatic rings. The molecule has 2 amide bonds. The van der Waals surface area contributed by atoms with Gasteiger partial charge in [0.05, 0.1) is 24.3 Å². The van der Waals surface area contributed by atoms with Gasteiger partial charge >= 0.3 is 5.97 Å². The Morgan fingerprint density at radius 1 is 1.04 bits per heavy atom. The molecule has 250 valence electrons. The maximum Gasteiger partial charge on any atom is 0.328 e. The van der Waals surface area contributed by atoms with Gasteiger partial charge in [0.2, 0.25) is 17.6 Å². The first-order chi connectivity index (χ1) is 22.0. The third kappa shape index (κ3) is 11.2. The van der Waals surface area contributed by atoms with E-state index in [-0.39, 0.29) is 35.9 Å². The number of fused-ring (bicyclic) bond motifs is 2. The summed E-state index contributed by atoms with van der Waals surface area (Å²) >= 11 is 0. The molecule has 1 aliphatic heterocycles. The summed E-state index contributed by atoms with van der Waals surface area (Å²) in [7, 11) is 1.47. The minimum Gasteiger partial charge on any atom is -0.460 e. The topological polar surface area (TPSA) is 148 Å². The van der Waals surface area contributed by atoms with Gasteiger partial charge in [0.15, 0.2) is 5.78 Å². The monoisotopic (exact) mass is 636 g/mol. The summed E-state index contributed by atoms with van der Waals surface area (Å²) in [6.45, 7) is 5.16. The fourth-order valence-corrected chi connectivity index (χ4v) is 5.73. The van der Waals surface area contributed by atoms with Crippen molar-refractivity contribution in [1.29, 1.82) is 0 Å². The third-order valence-corrected chi connectivity index (χ3v) is 8.65. The molecule has 3 N–H and O–H groups in total. The van der Waals surface area contributed by atoms with Crippen molar-refractivity contribution >= 4 is 29.4 Å². The maximum atomic E-state index is 13.1. The van der Waals surface area contributed by atoms with Crippen LogP contribution in [0.2, 0.25) is 0 Å². The molecule has 0 aromatic heterocycles. The van der Waals surface area contributed by atoms with E-state index in [9.17, 15) is 29.1 Å². The molecule has 0 saturated heterocycles. The Morgan fingerprint density at radius 2 is 1.76 bits per heavy atom. The third-order valence-electron chi connectivity index (χ3n) is 8.65. The highest BCUT2D eigenvalue weighted by Crippen LogP contribution is 2.25. The first-order valence-corrected chi connectivity index (χ1v) is 16.2. The summed E-state index contributed by atoms with van der Waals surface area (Å²) in [6, 6.07) is -0.840. The van der Waals surface area contributed by atoms with Crippen LogP contribution in [0.15, 0.2) is 71.5 Å². The number of methoxy groups -OCH3 is 1. The number of allylic oxidation sites excluding steroid dienone is 8. The molecule has 1 saturated carbocycles. The van der Waals surface area contributed by atoms with Crippen LogP contribution >= 0.6 is 0 Å². The molecule has 2 aliphatic carbocycles. The highest BCUT2D eigenvalue weighted by molar-refractivity contribution is 6.21. The zero-order chi connectivity index (χ0) is 33.6. The molecule has 0 aromatic carbocycles. The van der Waals surface area contributed by atoms with E-state index >= 15 is 0 Å². The normalized spacial score (nSPS) is 29.8. The SMILES string of the molecule is COC1/C=C/C=C/C=C\CC(OC(=O)[C@@H](C)NC(=O)C2CCCCC2)C(C)C(O)/C(C)=C/CCC2=CC(=O)C=C(NC(=O)C1)C2=O. The van der Waals surface area contributed by atoms with E-state index in [1.165, 1.54) is 13.2 Å². The van der Waals surface area contributed by atoms with E-state index in [1.54, 1.807) is 57.2 Å². The van der Waals surface area contributed by atoms with E-state index < -0.39 is 53.7 Å². The molecule has 46 heavy (non-hydrogen) atoms. The summed E-state index contributed by atoms with van der Waals surface area (Å²) in [4.78, 5) is 63.8. The number of hydrogen-bond acceptors (Lipinski definition) is 8. The Hall–Kier alpha value is -3.89. The summed E-state index contributed by atoms with van der Waals surface area (Å²) in [5, 5.41) is 16.6. The van der Waals surface area contributed by atoms with Gasteiger partial charge in [0, 0.05) is 37.0 Å². The van der Waals surface area contributed by atoms with Gasteiger partial charge in [-0.05, 0) is 51.2 Å². The smallest absolute Gasteiger partial charge is 0.328 e. The van der Waals surface area contributed by atoms with Gasteiger partial charge in [-0.2, -0.15) is 0 Å². The van der Waals surface area contributed by atoms with E-state index in [0.29, 0.717) is 18.4 Å². The Kier molecular flexibility index (Phi) is 14.6. The lowest BCUT2D eigenvalue weighted by Crippen LogP contribution is -2.45. The fraction of sp³-hybridized carbons (Fsp3) is 0.528. The molecule has 3 aliphatic rings. The number of aliphatic hydroxyl groups excluding tert-OH is 1. The Balaban J connectivity index is 1.79. The molecule has 0 radical (unpaired) electrons. The van der Waals surface area contributed by atoms with E-state index in [0.717, 1.165) is 38.2 Å². The second kappa shape index (κ2) is 18.3. The Labute approximate surface area is 271 Å². The van der Waals surface area contributed by atoms with Crippen molar-refractivity contribution in [3.63, 3.8) is 0 Å². The molecule has 2 bridgehead atoms. The number of carbonyl (C=O) groups is 5. The highest BCUT2D eigenvalue weighted by atomic mass is 16.5. The van der Waals surface area contributed by atoms with Crippen LogP contribution < -0.4 is 10.6 Å². The molecule has 10 nitrogen and oxygen atoms in total. The average Bonchev–Trinajstić information content (AvgIpc) is 3.04. The average molecular weight is 637 g/mol. The molecule has 0 spiro atoms. The summed E-state index contributed by atoms with van der Waals surface area (Å²) in [6.07, 6.45) is 18.1. The van der Waals surface area contributed by atoms with Gasteiger partial charge in [-0.1, -0.05) is 68.7 Å². The second-order valence-corrected chi connectivity index (χ2v) is 12.3. The lowest BCUT2D eigenvalue weighted by molar-refractivity contribution is -0.156. The maximum absolute atomic E-state index is 13.1. The van der Waals surface area contributed by atoms with Crippen molar-refractivity contribution in [3.05, 3.63) is 71.5 Å². The van der Waals surface area contributed by atoms with Crippen LogP contribution in [0.3, 0.4) is 0 Å². The van der Waals surface area contributed by atoms with Crippen molar-refractivity contribution in [3.8, 4) is 0 Å². The molecule has 1 heterocycles. The number of aliphatic hydroxyl groups is 1. The van der Waals surface area contributed by atoms with Crippen molar-refractivity contribution in [2.75, 3.05) is 7.11 Å². The largest absolute Gasteiger partial charge is 0.460 e. The molecule has 4 unspecified atom stereocenters. The van der Waals surface area contributed by atoms with Crippen molar-refractivity contribution in [2.24, 2.45) is 11.8 Å². The standard InChI is InChI=1S/C36H48N2O8/c1-23-14-13-17-27-20-28(39)21-30(34(27)42)38-32(40)22-29(45-4)18-11-6-5-7-12-19-31(24(2)33(23)41)46-36(44)25(3)37-35(43)26-15-9-8-10-16-26/h5-7,11-12,14,18,20-21,24-26,29,31,33,41H,8-10,13,15-17,19,22H2,1-4H3,(H,37,43)(H,38,40)/b6-5+,12-7-,18-11+,23-14+/t24?,25-,29?,31?,33?/m1/s1. The van der Waals surface area contributed by atoms with E-state index in [1.807, 2.05) is 6.08 Å². The van der Waals surface area contributed by atoms with Crippen LogP contribution in [0.5, 0.6) is 0 Å². The summed E-state index contributed by atoms with van der Waals surface area (Å²) in [5.41, 5.74) is 0.803. The second-order valence-electron chi connectivity index (χ2n) is 12.3. The zero-order valence-corrected chi connectivity index (χ0v) is 27.3. The van der Waals surface area contributed by atoms with E-state index in [2.05, 4.69) is 10.6 Å². The van der Waals surface area contributed by atoms with Gasteiger partial charge in [-0.3, -0.25) is 19.2 Å². The van der Waals surface area contributed by atoms with Crippen LogP contribution in [0, 0.1) is 11.8 Å². The summed E-state index contributed by atoms with van der Waals surface area (Å²) < 4.78 is 11.3. The minimum atomic E-state index is -0.968. The zero-order valence-electron chi connectivity index (χ0n) is 27.3. The minimum absolute atomic E-state index is 0.0567. The Morgan fingerprint density at radius 3 is 2.48 bits per heavy atom. The number of esters is 1. The van der Waals surface area contributed by atoms with Crippen LogP contribution in [0.4, 0.5) is 0 Å². The molecule has 3 rings (SSSR count). The number of ether oxygens (including phenoxy) is 2. The number of ketones is 2. The first-order valence-electron chi connectivity index (χ1n) is 16.2. The first kappa shape index (κ1) is 36.6. The quantitative estimate of drug-likeness (QED) is 0.230. The van der Waals surface area contributed by atoms with Gasteiger partial charge < -0.3 is 25.2 Å². The predicted molar refractivity (Wildman–Crippen MR) is 174 cm³/mol. The number of hydrogen-bond donors (Lipinski definition) is 3. The van der Waals surface area contributed by atoms with Gasteiger partial charge in [0.1, 0.15) is 12.1 Å². The van der Waals surface area contributed by atoms with E-state index in [4.69, 9.17) is 9.47 Å². The molecular weight excluding hydrogens is 588 g/mol. The van der Waals surface area contributed by atoms with Crippen LogP contribution in [-0.2, 0) is 33.4 Å². The highest BCUT2D eigenvalue weighted by Gasteiger charge is 2.31. The number of Topliss-reactive ketones (excluding diaryl/α,β-unsaturated/α-hetero) is 1. The van der Waals surface area contributed by atoms with Crippen molar-refractivity contribution < 1.29 is 38.6 Å². The predicted octanol–water partition coefficient (Wildman–Crippen LogP) is 4.26. The van der Waals surface area contributed by atoms with Crippen LogP contribution in [-0.4, -0.2) is 65.9 Å². The van der Waals surface area contributed by atoms with Crippen LogP contribution in [0.25, 0.3) is 0 Å². The molecule has 1 fully saturated rings.